The summed E-state index contributed by atoms with van der Waals surface area (Å²) in [5.74, 6) is 0.0148. The number of hydrogen-bond acceptors (Lipinski definition) is 3. The van der Waals surface area contributed by atoms with Gasteiger partial charge in [-0.05, 0) is 18.8 Å². The first-order valence-electron chi connectivity index (χ1n) is 6.00. The lowest BCUT2D eigenvalue weighted by Crippen LogP contribution is -2.35. The third-order valence-corrected chi connectivity index (χ3v) is 3.08. The van der Waals surface area contributed by atoms with E-state index in [9.17, 15) is 14.7 Å². The zero-order chi connectivity index (χ0) is 13.2. The first kappa shape index (κ1) is 13.5. The molecule has 0 saturated carbocycles. The number of rotatable bonds is 4. The summed E-state index contributed by atoms with van der Waals surface area (Å²) in [6.07, 6.45) is 1.12. The van der Waals surface area contributed by atoms with Crippen molar-refractivity contribution in [3.63, 3.8) is 0 Å². The summed E-state index contributed by atoms with van der Waals surface area (Å²) in [6, 6.07) is -0.107. The highest BCUT2D eigenvalue weighted by Crippen LogP contribution is 2.24. The van der Waals surface area contributed by atoms with Crippen LogP contribution in [-0.4, -0.2) is 14.7 Å². The summed E-state index contributed by atoms with van der Waals surface area (Å²) in [5.41, 5.74) is -0.765. The molecule has 0 aliphatic heterocycles. The molecule has 0 bridgehead atoms. The number of aromatic nitrogens is 2. The molecule has 0 spiro atoms. The van der Waals surface area contributed by atoms with Gasteiger partial charge in [-0.25, -0.2) is 4.79 Å². The normalized spacial score (nSPS) is 13.0. The molecule has 1 rings (SSSR count). The second-order valence-corrected chi connectivity index (χ2v) is 4.50. The van der Waals surface area contributed by atoms with Gasteiger partial charge in [0.1, 0.15) is 0 Å². The Kier molecular flexibility index (Phi) is 4.15. The Bertz CT molecular complexity index is 499. The maximum Gasteiger partial charge on any atom is 0.331 e. The summed E-state index contributed by atoms with van der Waals surface area (Å²) in [7, 11) is 0. The molecule has 0 saturated heterocycles. The summed E-state index contributed by atoms with van der Waals surface area (Å²) >= 11 is 0. The molecule has 1 heterocycles. The van der Waals surface area contributed by atoms with E-state index in [-0.39, 0.29) is 23.4 Å². The predicted octanol–water partition coefficient (Wildman–Crippen LogP) is 1.41. The third-order valence-electron chi connectivity index (χ3n) is 3.08. The van der Waals surface area contributed by atoms with Crippen molar-refractivity contribution in [2.24, 2.45) is 5.92 Å². The van der Waals surface area contributed by atoms with E-state index in [1.807, 2.05) is 20.8 Å². The number of H-pyrrole nitrogens is 1. The molecule has 1 aromatic heterocycles. The maximum atomic E-state index is 11.8. The quantitative estimate of drug-likeness (QED) is 0.835. The number of hydrogen-bond donors (Lipinski definition) is 2. The Morgan fingerprint density at radius 3 is 2.29 bits per heavy atom. The Balaban J connectivity index is 3.53. The second-order valence-electron chi connectivity index (χ2n) is 4.50. The smallest absolute Gasteiger partial charge is 0.331 e. The number of nitrogens with one attached hydrogen (secondary N) is 1. The topological polar surface area (TPSA) is 75.1 Å². The van der Waals surface area contributed by atoms with Gasteiger partial charge in [0.2, 0.25) is 5.88 Å². The minimum absolute atomic E-state index is 0.107. The predicted molar refractivity (Wildman–Crippen MR) is 66.5 cm³/mol. The summed E-state index contributed by atoms with van der Waals surface area (Å²) in [6.45, 7) is 7.69. The molecule has 5 heteroatoms. The van der Waals surface area contributed by atoms with Crippen molar-refractivity contribution in [2.45, 2.75) is 46.6 Å². The summed E-state index contributed by atoms with van der Waals surface area (Å²) in [5, 5.41) is 10.0. The highest BCUT2D eigenvalue weighted by atomic mass is 16.3. The SMILES string of the molecule is CCc1c(O)n(C(CC)C(C)C)c(=O)[nH]c1=O. The molecular weight excluding hydrogens is 220 g/mol. The lowest BCUT2D eigenvalue weighted by molar-refractivity contribution is 0.297. The van der Waals surface area contributed by atoms with Crippen molar-refractivity contribution >= 4 is 0 Å². The monoisotopic (exact) mass is 240 g/mol. The lowest BCUT2D eigenvalue weighted by Gasteiger charge is -2.23. The molecule has 0 aliphatic rings. The molecule has 0 amide bonds. The van der Waals surface area contributed by atoms with Crippen LogP contribution in [-0.2, 0) is 6.42 Å². The minimum Gasteiger partial charge on any atom is -0.494 e. The molecule has 1 atom stereocenters. The molecule has 0 aromatic carbocycles. The number of nitrogens with zero attached hydrogens (tertiary/aromatic N) is 1. The van der Waals surface area contributed by atoms with Gasteiger partial charge < -0.3 is 5.11 Å². The molecule has 0 aliphatic carbocycles. The van der Waals surface area contributed by atoms with E-state index in [2.05, 4.69) is 4.98 Å². The number of aromatic amines is 1. The highest BCUT2D eigenvalue weighted by Gasteiger charge is 2.21. The van der Waals surface area contributed by atoms with Gasteiger partial charge >= 0.3 is 5.69 Å². The zero-order valence-electron chi connectivity index (χ0n) is 10.8. The van der Waals surface area contributed by atoms with Crippen molar-refractivity contribution in [3.05, 3.63) is 26.4 Å². The van der Waals surface area contributed by atoms with Crippen molar-refractivity contribution in [3.8, 4) is 5.88 Å². The van der Waals surface area contributed by atoms with E-state index in [0.717, 1.165) is 6.42 Å². The average Bonchev–Trinajstić information content (AvgIpc) is 2.23. The van der Waals surface area contributed by atoms with E-state index in [4.69, 9.17) is 0 Å². The maximum absolute atomic E-state index is 11.8. The molecule has 2 N–H and O–H groups in total. The van der Waals surface area contributed by atoms with E-state index >= 15 is 0 Å². The first-order valence-corrected chi connectivity index (χ1v) is 6.00. The van der Waals surface area contributed by atoms with E-state index < -0.39 is 11.2 Å². The van der Waals surface area contributed by atoms with Crippen LogP contribution in [0.1, 0.15) is 45.7 Å². The van der Waals surface area contributed by atoms with Crippen LogP contribution in [0.5, 0.6) is 5.88 Å². The summed E-state index contributed by atoms with van der Waals surface area (Å²) < 4.78 is 1.30. The fourth-order valence-electron chi connectivity index (χ4n) is 2.15. The Labute approximate surface area is 100 Å². The first-order chi connectivity index (χ1) is 7.93. The van der Waals surface area contributed by atoms with Gasteiger partial charge in [0.05, 0.1) is 5.56 Å². The minimum atomic E-state index is -0.537. The zero-order valence-corrected chi connectivity index (χ0v) is 10.8. The molecule has 1 unspecified atom stereocenters. The van der Waals surface area contributed by atoms with E-state index in [1.54, 1.807) is 6.92 Å². The summed E-state index contributed by atoms with van der Waals surface area (Å²) in [4.78, 5) is 25.5. The van der Waals surface area contributed by atoms with Crippen molar-refractivity contribution in [1.82, 2.24) is 9.55 Å². The van der Waals surface area contributed by atoms with Gasteiger partial charge in [0.15, 0.2) is 0 Å². The van der Waals surface area contributed by atoms with Crippen molar-refractivity contribution < 1.29 is 5.11 Å². The van der Waals surface area contributed by atoms with Crippen LogP contribution in [0.3, 0.4) is 0 Å². The molecule has 0 fully saturated rings. The second kappa shape index (κ2) is 5.21. The number of aromatic hydroxyl groups is 1. The molecular formula is C12H20N2O3. The van der Waals surface area contributed by atoms with Gasteiger partial charge in [-0.2, -0.15) is 0 Å². The van der Waals surface area contributed by atoms with E-state index in [1.165, 1.54) is 4.57 Å². The molecule has 96 valence electrons. The lowest BCUT2D eigenvalue weighted by atomic mass is 10.0. The molecule has 5 nitrogen and oxygen atoms in total. The van der Waals surface area contributed by atoms with Crippen LogP contribution < -0.4 is 11.2 Å². The van der Waals surface area contributed by atoms with Crippen LogP contribution in [0.2, 0.25) is 0 Å². The van der Waals surface area contributed by atoms with Crippen molar-refractivity contribution in [1.29, 1.82) is 0 Å². The fraction of sp³-hybridized carbons (Fsp3) is 0.667. The van der Waals surface area contributed by atoms with Crippen LogP contribution in [0.4, 0.5) is 0 Å². The van der Waals surface area contributed by atoms with Crippen LogP contribution in [0, 0.1) is 5.92 Å². The Morgan fingerprint density at radius 1 is 1.29 bits per heavy atom. The average molecular weight is 240 g/mol. The van der Waals surface area contributed by atoms with Gasteiger partial charge in [-0.3, -0.25) is 14.3 Å². The molecule has 1 aromatic rings. The van der Waals surface area contributed by atoms with Gasteiger partial charge in [-0.15, -0.1) is 0 Å². The van der Waals surface area contributed by atoms with Crippen LogP contribution in [0.25, 0.3) is 0 Å². The van der Waals surface area contributed by atoms with E-state index in [0.29, 0.717) is 6.42 Å². The standard InChI is InChI=1S/C12H20N2O3/c1-5-8-10(15)13-12(17)14(11(8)16)9(6-2)7(3)4/h7,9,16H,5-6H2,1-4H3,(H,13,15,17). The van der Waals surface area contributed by atoms with Crippen LogP contribution in [0.15, 0.2) is 9.59 Å². The highest BCUT2D eigenvalue weighted by molar-refractivity contribution is 5.23. The Morgan fingerprint density at radius 2 is 1.88 bits per heavy atom. The van der Waals surface area contributed by atoms with Crippen LogP contribution >= 0.6 is 0 Å². The third kappa shape index (κ3) is 2.43. The molecule has 17 heavy (non-hydrogen) atoms. The fourth-order valence-corrected chi connectivity index (χ4v) is 2.15. The van der Waals surface area contributed by atoms with Gasteiger partial charge in [-0.1, -0.05) is 27.7 Å². The van der Waals surface area contributed by atoms with Crippen molar-refractivity contribution in [2.75, 3.05) is 0 Å². The largest absolute Gasteiger partial charge is 0.494 e. The molecule has 0 radical (unpaired) electrons. The van der Waals surface area contributed by atoms with Gasteiger partial charge in [0.25, 0.3) is 5.56 Å². The Hall–Kier alpha value is -1.52. The van der Waals surface area contributed by atoms with Gasteiger partial charge in [0, 0.05) is 6.04 Å².